The summed E-state index contributed by atoms with van der Waals surface area (Å²) in [6, 6.07) is 9.05. The lowest BCUT2D eigenvalue weighted by Crippen LogP contribution is -2.41. The quantitative estimate of drug-likeness (QED) is 0.388. The van der Waals surface area contributed by atoms with Crippen LogP contribution in [0.3, 0.4) is 0 Å². The number of nitrogens with zero attached hydrogens (tertiary/aromatic N) is 3. The number of nitrogens with two attached hydrogens (primary N) is 1. The third kappa shape index (κ3) is 12.2. The lowest BCUT2D eigenvalue weighted by molar-refractivity contribution is -0.111. The van der Waals surface area contributed by atoms with Gasteiger partial charge in [-0.2, -0.15) is 0 Å². The van der Waals surface area contributed by atoms with Gasteiger partial charge in [0.1, 0.15) is 6.29 Å². The molecule has 1 aromatic carbocycles. The average molecular weight is 602 g/mol. The second-order valence-corrected chi connectivity index (χ2v) is 12.1. The van der Waals surface area contributed by atoms with E-state index >= 15 is 0 Å². The Balaban J connectivity index is 0.000000266. The van der Waals surface area contributed by atoms with Crippen molar-refractivity contribution in [3.63, 3.8) is 0 Å². The van der Waals surface area contributed by atoms with Gasteiger partial charge in [0.05, 0.1) is 41.4 Å². The van der Waals surface area contributed by atoms with E-state index in [2.05, 4.69) is 58.3 Å². The van der Waals surface area contributed by atoms with E-state index in [1.165, 1.54) is 49.1 Å². The predicted octanol–water partition coefficient (Wildman–Crippen LogP) is 5.46. The van der Waals surface area contributed by atoms with Crippen molar-refractivity contribution in [1.82, 2.24) is 20.1 Å². The second kappa shape index (κ2) is 20.7. The van der Waals surface area contributed by atoms with Crippen LogP contribution in [0.1, 0.15) is 83.0 Å². The molecule has 2 aliphatic heterocycles. The third-order valence-electron chi connectivity index (χ3n) is 8.37. The molecule has 0 radical (unpaired) electrons. The first-order valence-corrected chi connectivity index (χ1v) is 16.7. The number of hydrogen-bond donors (Lipinski definition) is 2. The minimum Gasteiger partial charge on any atom is -0.379 e. The first-order chi connectivity index (χ1) is 20.4. The molecule has 3 unspecified atom stereocenters. The highest BCUT2D eigenvalue weighted by Crippen LogP contribution is 2.28. The van der Waals surface area contributed by atoms with Crippen LogP contribution in [-0.2, 0) is 14.3 Å². The van der Waals surface area contributed by atoms with Gasteiger partial charge in [0.25, 0.3) is 0 Å². The molecule has 2 aromatic rings. The van der Waals surface area contributed by atoms with Gasteiger partial charge in [0, 0.05) is 25.7 Å². The molecule has 3 heterocycles. The maximum atomic E-state index is 11.0. The number of aromatic nitrogens is 1. The fourth-order valence-electron chi connectivity index (χ4n) is 5.53. The Morgan fingerprint density at radius 2 is 1.71 bits per heavy atom. The molecular weight excluding hydrogens is 546 g/mol. The Labute approximate surface area is 258 Å². The predicted molar refractivity (Wildman–Crippen MR) is 175 cm³/mol. The molecule has 3 fully saturated rings. The highest BCUT2D eigenvalue weighted by molar-refractivity contribution is 7.13. The number of morpholine rings is 1. The van der Waals surface area contributed by atoms with Gasteiger partial charge in [-0.3, -0.25) is 9.69 Å². The van der Waals surface area contributed by atoms with Crippen molar-refractivity contribution < 1.29 is 14.3 Å². The topological polar surface area (TPSA) is 101 Å². The Kier molecular flexibility index (Phi) is 17.7. The number of hydrogen-bond acceptors (Lipinski definition) is 8. The van der Waals surface area contributed by atoms with Crippen LogP contribution in [0.15, 0.2) is 29.8 Å². The van der Waals surface area contributed by atoms with Gasteiger partial charge >= 0.3 is 0 Å². The Morgan fingerprint density at radius 1 is 1.05 bits per heavy atom. The Hall–Kier alpha value is -2.17. The van der Waals surface area contributed by atoms with E-state index in [4.69, 9.17) is 10.5 Å². The van der Waals surface area contributed by atoms with Gasteiger partial charge in [-0.25, -0.2) is 4.98 Å². The highest BCUT2D eigenvalue weighted by atomic mass is 32.1. The zero-order chi connectivity index (χ0) is 30.7. The van der Waals surface area contributed by atoms with Crippen LogP contribution in [-0.4, -0.2) is 86.0 Å². The van der Waals surface area contributed by atoms with Gasteiger partial charge in [-0.1, -0.05) is 57.4 Å². The van der Waals surface area contributed by atoms with E-state index in [0.29, 0.717) is 5.92 Å². The van der Waals surface area contributed by atoms with E-state index < -0.39 is 0 Å². The van der Waals surface area contributed by atoms with Gasteiger partial charge in [-0.05, 0) is 70.2 Å². The summed E-state index contributed by atoms with van der Waals surface area (Å²) < 4.78 is 5.38. The molecule has 8 nitrogen and oxygen atoms in total. The molecule has 1 saturated carbocycles. The number of amides is 1. The number of rotatable bonds is 8. The molecular formula is C33H55N5O3S. The minimum atomic E-state index is -0.194. The molecule has 1 aromatic heterocycles. The number of aryl methyl sites for hydroxylation is 1. The molecule has 3 aliphatic rings. The number of benzene rings is 1. The fraction of sp³-hybridized carbons (Fsp3) is 0.667. The van der Waals surface area contributed by atoms with Crippen LogP contribution in [0.2, 0.25) is 0 Å². The van der Waals surface area contributed by atoms with Gasteiger partial charge in [0.15, 0.2) is 0 Å². The summed E-state index contributed by atoms with van der Waals surface area (Å²) in [5.74, 6) is 0.478. The summed E-state index contributed by atoms with van der Waals surface area (Å²) in [6.07, 6.45) is 10.6. The number of thiazole rings is 1. The summed E-state index contributed by atoms with van der Waals surface area (Å²) >= 11 is 1.65. The maximum absolute atomic E-state index is 11.0. The molecule has 3 atom stereocenters. The normalized spacial score (nSPS) is 20.9. The Morgan fingerprint density at radius 3 is 2.19 bits per heavy atom. The van der Waals surface area contributed by atoms with Gasteiger partial charge < -0.3 is 25.5 Å². The minimum absolute atomic E-state index is 0.00204. The molecule has 42 heavy (non-hydrogen) atoms. The van der Waals surface area contributed by atoms with Gasteiger partial charge in [0.2, 0.25) is 6.41 Å². The van der Waals surface area contributed by atoms with Crippen molar-refractivity contribution in [2.75, 3.05) is 46.4 Å². The van der Waals surface area contributed by atoms with Crippen molar-refractivity contribution in [1.29, 1.82) is 0 Å². The van der Waals surface area contributed by atoms with Crippen LogP contribution < -0.4 is 11.1 Å². The zero-order valence-electron chi connectivity index (χ0n) is 26.6. The SMILES string of the molecule is CC.CC1CCCN1C.Cc1ncsc1-c1ccc(C(CN2CCOCC2)NC=O)cc1.NC(C=O)C1CCCCC1. The van der Waals surface area contributed by atoms with Gasteiger partial charge in [-0.15, -0.1) is 11.3 Å². The van der Waals surface area contributed by atoms with Crippen LogP contribution in [0.25, 0.3) is 10.4 Å². The molecule has 5 rings (SSSR count). The average Bonchev–Trinajstić information content (AvgIpc) is 3.65. The summed E-state index contributed by atoms with van der Waals surface area (Å²) in [6.45, 7) is 13.8. The number of nitrogens with one attached hydrogen (secondary N) is 1. The lowest BCUT2D eigenvalue weighted by Gasteiger charge is -2.30. The molecule has 1 amide bonds. The first kappa shape index (κ1) is 36.0. The standard InChI is InChI=1S/C17H21N3O2S.C8H15NO.C6H13N.C2H6/c1-13-17(23-12-19-13)15-4-2-14(3-5-15)16(18-11-21)10-20-6-8-22-9-7-20;9-8(6-10)7-4-2-1-3-5-7;1-6-4-3-5-7(6)2;1-2/h2-5,11-12,16H,6-10H2,1H3,(H,18,21);6-8H,1-5,9H2;6H,3-5H2,1-2H3;1-2H3. The number of carbonyl (C=O) groups excluding carboxylic acids is 2. The number of carbonyl (C=O) groups is 2. The molecule has 3 N–H and O–H groups in total. The molecule has 0 spiro atoms. The van der Waals surface area contributed by atoms with Crippen LogP contribution in [0, 0.1) is 12.8 Å². The smallest absolute Gasteiger partial charge is 0.207 e. The van der Waals surface area contributed by atoms with E-state index in [1.807, 2.05) is 26.3 Å². The van der Waals surface area contributed by atoms with E-state index in [-0.39, 0.29) is 12.1 Å². The highest BCUT2D eigenvalue weighted by Gasteiger charge is 2.20. The third-order valence-corrected chi connectivity index (χ3v) is 9.35. The summed E-state index contributed by atoms with van der Waals surface area (Å²) in [7, 11) is 2.19. The zero-order valence-corrected chi connectivity index (χ0v) is 27.4. The molecule has 236 valence electrons. The maximum Gasteiger partial charge on any atom is 0.207 e. The van der Waals surface area contributed by atoms with Crippen molar-refractivity contribution in [2.45, 2.75) is 90.8 Å². The van der Waals surface area contributed by atoms with Crippen LogP contribution >= 0.6 is 11.3 Å². The molecule has 9 heteroatoms. The number of aldehydes is 1. The van der Waals surface area contributed by atoms with Crippen molar-refractivity contribution in [2.24, 2.45) is 11.7 Å². The van der Waals surface area contributed by atoms with Crippen LogP contribution in [0.5, 0.6) is 0 Å². The van der Waals surface area contributed by atoms with E-state index in [0.717, 1.165) is 75.7 Å². The summed E-state index contributed by atoms with van der Waals surface area (Å²) in [4.78, 5) is 31.5. The monoisotopic (exact) mass is 601 g/mol. The molecule has 2 saturated heterocycles. The van der Waals surface area contributed by atoms with E-state index in [1.54, 1.807) is 11.3 Å². The van der Waals surface area contributed by atoms with Crippen molar-refractivity contribution in [3.05, 3.63) is 41.0 Å². The second-order valence-electron chi connectivity index (χ2n) is 11.2. The summed E-state index contributed by atoms with van der Waals surface area (Å²) in [5.41, 5.74) is 10.8. The molecule has 1 aliphatic carbocycles. The fourth-order valence-corrected chi connectivity index (χ4v) is 6.34. The number of likely N-dealkylation sites (tertiary alicyclic amines) is 1. The molecule has 0 bridgehead atoms. The van der Waals surface area contributed by atoms with Crippen molar-refractivity contribution >= 4 is 24.0 Å². The first-order valence-electron chi connectivity index (χ1n) is 15.8. The summed E-state index contributed by atoms with van der Waals surface area (Å²) in [5, 5.41) is 2.94. The van der Waals surface area contributed by atoms with E-state index in [9.17, 15) is 9.59 Å². The largest absolute Gasteiger partial charge is 0.379 e. The van der Waals surface area contributed by atoms with Crippen LogP contribution in [0.4, 0.5) is 0 Å². The lowest BCUT2D eigenvalue weighted by atomic mass is 9.85. The Bertz CT molecular complexity index is 982. The van der Waals surface area contributed by atoms with Crippen molar-refractivity contribution in [3.8, 4) is 10.4 Å². The number of ether oxygens (including phenoxy) is 1.